The number of benzene rings is 2. The van der Waals surface area contributed by atoms with Crippen LogP contribution in [0, 0.1) is 17.8 Å². The van der Waals surface area contributed by atoms with Crippen molar-refractivity contribution in [1.29, 1.82) is 0 Å². The minimum absolute atomic E-state index is 0.0546. The van der Waals surface area contributed by atoms with Crippen LogP contribution in [0.4, 0.5) is 0 Å². The molecule has 17 nitrogen and oxygen atoms in total. The quantitative estimate of drug-likeness (QED) is 0.0574. The summed E-state index contributed by atoms with van der Waals surface area (Å²) >= 11 is 0.847. The first-order valence-corrected chi connectivity index (χ1v) is 20.3. The second kappa shape index (κ2) is 24.0. The van der Waals surface area contributed by atoms with Gasteiger partial charge in [0.05, 0.1) is 32.8 Å². The molecule has 2 aromatic carbocycles. The minimum Gasteiger partial charge on any atom is -0.493 e. The molecule has 0 spiro atoms. The highest BCUT2D eigenvalue weighted by Crippen LogP contribution is 2.35. The van der Waals surface area contributed by atoms with E-state index in [2.05, 4.69) is 31.9 Å². The van der Waals surface area contributed by atoms with Gasteiger partial charge in [-0.15, -0.1) is 0 Å². The molecule has 6 amide bonds. The molecule has 59 heavy (non-hydrogen) atoms. The van der Waals surface area contributed by atoms with E-state index in [0.29, 0.717) is 22.0 Å². The van der Waals surface area contributed by atoms with Crippen LogP contribution in [0.25, 0.3) is 0 Å². The zero-order valence-electron chi connectivity index (χ0n) is 35.6. The number of carbonyl (C=O) groups excluding carboxylic acids is 7. The van der Waals surface area contributed by atoms with E-state index >= 15 is 0 Å². The molecule has 0 saturated heterocycles. The molecule has 0 aromatic heterocycles. The normalized spacial score (nSPS) is 14.3. The molecule has 0 aliphatic carbocycles. The molecular formula is C41H62N8O9S. The van der Waals surface area contributed by atoms with Crippen molar-refractivity contribution in [2.75, 3.05) is 20.8 Å². The number of hydrogen-bond donors (Lipinski definition) is 8. The first-order chi connectivity index (χ1) is 27.7. The van der Waals surface area contributed by atoms with E-state index in [-0.39, 0.29) is 18.9 Å². The Morgan fingerprint density at radius 1 is 0.661 bits per heavy atom. The van der Waals surface area contributed by atoms with Gasteiger partial charge in [0, 0.05) is 17.9 Å². The summed E-state index contributed by atoms with van der Waals surface area (Å²) in [5, 5.41) is 15.9. The summed E-state index contributed by atoms with van der Waals surface area (Å²) in [6.07, 6.45) is 0.0546. The maximum absolute atomic E-state index is 14.0. The van der Waals surface area contributed by atoms with Crippen LogP contribution in [0.1, 0.15) is 66.5 Å². The van der Waals surface area contributed by atoms with E-state index in [0.717, 1.165) is 17.3 Å². The van der Waals surface area contributed by atoms with Crippen molar-refractivity contribution in [3.63, 3.8) is 0 Å². The molecule has 0 aliphatic heterocycles. The molecule has 0 aliphatic rings. The third-order valence-corrected chi connectivity index (χ3v) is 10.4. The van der Waals surface area contributed by atoms with Gasteiger partial charge >= 0.3 is 0 Å². The predicted octanol–water partition coefficient (Wildman–Crippen LogP) is 0.899. The van der Waals surface area contributed by atoms with Crippen LogP contribution in [-0.2, 0) is 46.5 Å². The van der Waals surface area contributed by atoms with Crippen molar-refractivity contribution >= 4 is 52.3 Å². The largest absolute Gasteiger partial charge is 0.493 e. The van der Waals surface area contributed by atoms with Gasteiger partial charge in [-0.1, -0.05) is 71.9 Å². The maximum atomic E-state index is 14.0. The molecule has 2 rings (SSSR count). The van der Waals surface area contributed by atoms with Crippen LogP contribution in [0.3, 0.4) is 0 Å². The fourth-order valence-electron chi connectivity index (χ4n) is 5.53. The van der Waals surface area contributed by atoms with Gasteiger partial charge in [-0.2, -0.15) is 0 Å². The van der Waals surface area contributed by atoms with Gasteiger partial charge in [0.15, 0.2) is 11.5 Å². The third-order valence-electron chi connectivity index (χ3n) is 9.41. The van der Waals surface area contributed by atoms with Gasteiger partial charge in [-0.25, -0.2) is 0 Å². The lowest BCUT2D eigenvalue weighted by Gasteiger charge is -2.28. The monoisotopic (exact) mass is 843 g/mol. The standard InChI is InChI=1S/C41H62N8O9S/c1-21(2)33(42)39(54)46-25(8)37(52)48-35(23(5)6)41(56)47-28(16-26-14-12-11-13-15-26)38(53)49-34(22(3)4)40(55)45-20-32(50)59-31-18-30(58-10)29(57-9)17-27(31)19-44-24(7)36(43)51/h11-15,17-18,21-25,28,33-35,44H,16,19-20,42H2,1-10H3,(H2,43,51)(H,45,55)(H,46,54)(H,47,56)(H,48,52)(H,49,53)/t24-,25-,28-,33-,34-,35-/m0/s1/i32+1. The van der Waals surface area contributed by atoms with Crippen molar-refractivity contribution in [1.82, 2.24) is 31.9 Å². The number of amides is 6. The Morgan fingerprint density at radius 2 is 1.22 bits per heavy atom. The molecule has 2 aromatic rings. The Balaban J connectivity index is 2.24. The number of ether oxygens (including phenoxy) is 2. The molecule has 326 valence electrons. The van der Waals surface area contributed by atoms with E-state index in [9.17, 15) is 33.6 Å². The zero-order valence-corrected chi connectivity index (χ0v) is 36.4. The van der Waals surface area contributed by atoms with Crippen LogP contribution >= 0.6 is 11.8 Å². The van der Waals surface area contributed by atoms with Crippen LogP contribution < -0.4 is 52.8 Å². The Morgan fingerprint density at radius 3 is 1.76 bits per heavy atom. The highest BCUT2D eigenvalue weighted by molar-refractivity contribution is 8.13. The number of primary amides is 1. The third kappa shape index (κ3) is 15.8. The fraction of sp³-hybridized carbons (Fsp3) is 0.537. The van der Waals surface area contributed by atoms with Crippen molar-refractivity contribution in [2.45, 2.75) is 110 Å². The van der Waals surface area contributed by atoms with E-state index in [1.807, 2.05) is 6.07 Å². The Kier molecular flexibility index (Phi) is 20.3. The number of methoxy groups -OCH3 is 2. The molecule has 18 heteroatoms. The second-order valence-electron chi connectivity index (χ2n) is 15.2. The lowest BCUT2D eigenvalue weighted by molar-refractivity contribution is -0.135. The van der Waals surface area contributed by atoms with Gasteiger partial charge in [0.2, 0.25) is 40.6 Å². The average molecular weight is 844 g/mol. The molecule has 0 heterocycles. The smallest absolute Gasteiger partial charge is 0.243 e. The Bertz CT molecular complexity index is 1780. The summed E-state index contributed by atoms with van der Waals surface area (Å²) < 4.78 is 10.8. The van der Waals surface area contributed by atoms with Crippen molar-refractivity contribution < 1.29 is 43.0 Å². The molecule has 0 bridgehead atoms. The predicted molar refractivity (Wildman–Crippen MR) is 225 cm³/mol. The van der Waals surface area contributed by atoms with E-state index in [1.165, 1.54) is 21.1 Å². The van der Waals surface area contributed by atoms with Gasteiger partial charge < -0.3 is 52.8 Å². The summed E-state index contributed by atoms with van der Waals surface area (Å²) in [6.45, 7) is 13.3. The number of nitrogens with one attached hydrogen (secondary N) is 6. The molecule has 0 unspecified atom stereocenters. The average Bonchev–Trinajstić information content (AvgIpc) is 3.19. The van der Waals surface area contributed by atoms with Crippen LogP contribution in [0.5, 0.6) is 11.5 Å². The first-order valence-electron chi connectivity index (χ1n) is 19.5. The molecule has 10 N–H and O–H groups in total. The fourth-order valence-corrected chi connectivity index (χ4v) is 6.35. The number of thioether (sulfide) groups is 1. The van der Waals surface area contributed by atoms with E-state index < -0.39 is 95.2 Å². The summed E-state index contributed by atoms with van der Waals surface area (Å²) in [4.78, 5) is 92.3. The molecule has 0 fully saturated rings. The number of rotatable bonds is 23. The molecular weight excluding hydrogens is 782 g/mol. The molecule has 0 radical (unpaired) electrons. The van der Waals surface area contributed by atoms with Gasteiger partial charge in [-0.05, 0) is 66.6 Å². The van der Waals surface area contributed by atoms with E-state index in [4.69, 9.17) is 20.9 Å². The number of nitrogens with two attached hydrogens (primary N) is 2. The van der Waals surface area contributed by atoms with Crippen LogP contribution in [0.2, 0.25) is 0 Å². The lowest BCUT2D eigenvalue weighted by atomic mass is 9.99. The van der Waals surface area contributed by atoms with Gasteiger partial charge in [0.25, 0.3) is 0 Å². The van der Waals surface area contributed by atoms with Gasteiger partial charge in [-0.3, -0.25) is 33.6 Å². The van der Waals surface area contributed by atoms with Crippen molar-refractivity contribution in [2.24, 2.45) is 29.2 Å². The summed E-state index contributed by atoms with van der Waals surface area (Å²) in [5.41, 5.74) is 12.7. The first kappa shape index (κ1) is 49.9. The number of carbonyl (C=O) groups is 7. The lowest BCUT2D eigenvalue weighted by Crippen LogP contribution is -2.60. The Hall–Kier alpha value is -5.20. The second-order valence-corrected chi connectivity index (χ2v) is 16.3. The molecule has 0 saturated carbocycles. The Labute approximate surface area is 351 Å². The maximum Gasteiger partial charge on any atom is 0.243 e. The molecule has 6 atom stereocenters. The van der Waals surface area contributed by atoms with Crippen molar-refractivity contribution in [3.05, 3.63) is 53.6 Å². The number of hydrogen-bond acceptors (Lipinski definition) is 12. The van der Waals surface area contributed by atoms with Gasteiger partial charge in [0.1, 0.15) is 24.2 Å². The summed E-state index contributed by atoms with van der Waals surface area (Å²) in [7, 11) is 2.92. The summed E-state index contributed by atoms with van der Waals surface area (Å²) in [6, 6.07) is 6.39. The summed E-state index contributed by atoms with van der Waals surface area (Å²) in [5.74, 6) is -3.86. The topological polar surface area (TPSA) is 262 Å². The highest BCUT2D eigenvalue weighted by atomic mass is 32.2. The SMILES string of the molecule is COc1cc(CN[C@@H](C)C(N)=O)c(S[13C](=O)CNC(=O)[C@@H](NC(=O)[C@H](Cc2ccccc2)NC(=O)[C@@H](NC(=O)[C@H](C)NC(=O)[C@@H](N)C(C)C)C(C)C)C(C)C)cc1OC. The zero-order chi connectivity index (χ0) is 44.6. The van der Waals surface area contributed by atoms with Crippen LogP contribution in [-0.4, -0.2) is 97.6 Å². The highest BCUT2D eigenvalue weighted by Gasteiger charge is 2.33. The van der Waals surface area contributed by atoms with Crippen molar-refractivity contribution in [3.8, 4) is 11.5 Å². The van der Waals surface area contributed by atoms with E-state index in [1.54, 1.807) is 84.9 Å². The minimum atomic E-state index is -1.18. The van der Waals surface area contributed by atoms with Crippen LogP contribution in [0.15, 0.2) is 47.4 Å².